The van der Waals surface area contributed by atoms with Gasteiger partial charge in [-0.15, -0.1) is 16.8 Å². The Morgan fingerprint density at radius 2 is 2.35 bits per heavy atom. The summed E-state index contributed by atoms with van der Waals surface area (Å²) in [4.78, 5) is 12.3. The van der Waals surface area contributed by atoms with Gasteiger partial charge in [0.1, 0.15) is 0 Å². The summed E-state index contributed by atoms with van der Waals surface area (Å²) in [7, 11) is -3.25. The summed E-state index contributed by atoms with van der Waals surface area (Å²) in [6.07, 6.45) is 3.14. The average molecular weight is 377 g/mol. The number of thioether (sulfide) groups is 1. The van der Waals surface area contributed by atoms with Gasteiger partial charge in [-0.3, -0.25) is 4.79 Å². The quantitative estimate of drug-likeness (QED) is 0.443. The van der Waals surface area contributed by atoms with Gasteiger partial charge in [-0.2, -0.15) is 0 Å². The first-order chi connectivity index (χ1) is 11.0. The molecule has 128 valence electrons. The van der Waals surface area contributed by atoms with E-state index in [0.29, 0.717) is 24.5 Å². The number of amides is 1. The lowest BCUT2D eigenvalue weighted by molar-refractivity contribution is -0.120. The number of hydrogen-bond acceptors (Lipinski definition) is 7. The maximum absolute atomic E-state index is 12.3. The van der Waals surface area contributed by atoms with Gasteiger partial charge >= 0.3 is 0 Å². The number of carbonyl (C=O) groups excluding carboxylic acids is 1. The Hall–Kier alpha value is -0.970. The van der Waals surface area contributed by atoms with E-state index >= 15 is 0 Å². The molecular weight excluding hydrogens is 356 g/mol. The minimum absolute atomic E-state index is 0.0572. The van der Waals surface area contributed by atoms with Crippen molar-refractivity contribution in [2.24, 2.45) is 5.92 Å². The first-order valence-electron chi connectivity index (χ1n) is 7.32. The van der Waals surface area contributed by atoms with E-state index in [2.05, 4.69) is 22.1 Å². The second-order valence-electron chi connectivity index (χ2n) is 5.06. The highest BCUT2D eigenvalue weighted by Crippen LogP contribution is 2.27. The van der Waals surface area contributed by atoms with Crippen molar-refractivity contribution in [3.05, 3.63) is 12.7 Å². The van der Waals surface area contributed by atoms with Crippen molar-refractivity contribution in [2.75, 3.05) is 29.9 Å². The third-order valence-electron chi connectivity index (χ3n) is 3.47. The van der Waals surface area contributed by atoms with E-state index < -0.39 is 10.0 Å². The number of aromatic nitrogens is 2. The number of nitrogens with zero attached hydrogens (tertiary/aromatic N) is 3. The average Bonchev–Trinajstić information content (AvgIpc) is 3.00. The molecular formula is C13H20N4O3S3. The lowest BCUT2D eigenvalue weighted by Crippen LogP contribution is -2.44. The Labute approximate surface area is 144 Å². The summed E-state index contributed by atoms with van der Waals surface area (Å²) in [5, 5.41) is 11.1. The van der Waals surface area contributed by atoms with Gasteiger partial charge in [-0.05, 0) is 19.8 Å². The van der Waals surface area contributed by atoms with Crippen LogP contribution in [0.4, 0.5) is 5.13 Å². The van der Waals surface area contributed by atoms with E-state index in [4.69, 9.17) is 0 Å². The fraction of sp³-hybridized carbons (Fsp3) is 0.615. The van der Waals surface area contributed by atoms with Crippen molar-refractivity contribution in [2.45, 2.75) is 24.1 Å². The third-order valence-corrected chi connectivity index (χ3v) is 7.29. The van der Waals surface area contributed by atoms with Crippen LogP contribution in [0.5, 0.6) is 0 Å². The fourth-order valence-corrected chi connectivity index (χ4v) is 4.94. The van der Waals surface area contributed by atoms with Gasteiger partial charge in [0.25, 0.3) is 0 Å². The molecule has 1 aromatic rings. The molecule has 0 saturated carbocycles. The molecule has 1 N–H and O–H groups in total. The molecule has 1 atom stereocenters. The standard InChI is InChI=1S/C13H20N4O3S3/c1-3-8-21-13-16-15-12(22-13)14-11(18)10-6-5-7-17(9-10)23(19,20)4-2/h3,10H,1,4-9H2,2H3,(H,14,15,18)/t10-/m0/s1. The topological polar surface area (TPSA) is 92.3 Å². The van der Waals surface area contributed by atoms with Crippen LogP contribution in [-0.4, -0.2) is 53.4 Å². The normalized spacial score (nSPS) is 19.4. The zero-order valence-corrected chi connectivity index (χ0v) is 15.3. The molecule has 0 spiro atoms. The van der Waals surface area contributed by atoms with Crippen LogP contribution in [0, 0.1) is 5.92 Å². The molecule has 10 heteroatoms. The molecule has 1 amide bonds. The number of hydrogen-bond donors (Lipinski definition) is 1. The summed E-state index contributed by atoms with van der Waals surface area (Å²) < 4.78 is 26.1. The number of rotatable bonds is 7. The highest BCUT2D eigenvalue weighted by Gasteiger charge is 2.31. The first-order valence-corrected chi connectivity index (χ1v) is 10.7. The molecule has 1 aromatic heterocycles. The number of nitrogens with one attached hydrogen (secondary N) is 1. The first kappa shape index (κ1) is 18.4. The molecule has 0 aromatic carbocycles. The van der Waals surface area contributed by atoms with Crippen molar-refractivity contribution in [1.29, 1.82) is 0 Å². The van der Waals surface area contributed by atoms with Gasteiger partial charge in [-0.1, -0.05) is 29.2 Å². The summed E-state index contributed by atoms with van der Waals surface area (Å²) >= 11 is 2.80. The van der Waals surface area contributed by atoms with Crippen LogP contribution in [0.3, 0.4) is 0 Å². The third kappa shape index (κ3) is 5.00. The van der Waals surface area contributed by atoms with E-state index in [0.717, 1.165) is 10.1 Å². The largest absolute Gasteiger partial charge is 0.300 e. The summed E-state index contributed by atoms with van der Waals surface area (Å²) in [6.45, 7) is 5.97. The van der Waals surface area contributed by atoms with Crippen molar-refractivity contribution < 1.29 is 13.2 Å². The molecule has 2 heterocycles. The minimum atomic E-state index is -3.25. The maximum atomic E-state index is 12.3. The number of carbonyl (C=O) groups is 1. The van der Waals surface area contributed by atoms with Crippen LogP contribution in [0.15, 0.2) is 17.0 Å². The highest BCUT2D eigenvalue weighted by molar-refractivity contribution is 8.01. The van der Waals surface area contributed by atoms with Gasteiger partial charge in [0.05, 0.1) is 11.7 Å². The maximum Gasteiger partial charge on any atom is 0.230 e. The zero-order chi connectivity index (χ0) is 16.9. The monoisotopic (exact) mass is 376 g/mol. The van der Waals surface area contributed by atoms with E-state index in [1.807, 2.05) is 0 Å². The van der Waals surface area contributed by atoms with Crippen LogP contribution in [0.1, 0.15) is 19.8 Å². The SMILES string of the molecule is C=CCSc1nnc(NC(=O)[C@H]2CCCN(S(=O)(=O)CC)C2)s1. The van der Waals surface area contributed by atoms with Gasteiger partial charge < -0.3 is 5.32 Å². The van der Waals surface area contributed by atoms with Crippen molar-refractivity contribution in [1.82, 2.24) is 14.5 Å². The van der Waals surface area contributed by atoms with Crippen LogP contribution in [-0.2, 0) is 14.8 Å². The summed E-state index contributed by atoms with van der Waals surface area (Å²) in [5.74, 6) is 0.243. The van der Waals surface area contributed by atoms with Crippen molar-refractivity contribution in [3.8, 4) is 0 Å². The van der Waals surface area contributed by atoms with Crippen LogP contribution in [0.2, 0.25) is 0 Å². The molecule has 0 aliphatic carbocycles. The van der Waals surface area contributed by atoms with E-state index in [1.165, 1.54) is 27.4 Å². The second kappa shape index (κ2) is 8.22. The molecule has 0 bridgehead atoms. The summed E-state index contributed by atoms with van der Waals surface area (Å²) in [6, 6.07) is 0. The fourth-order valence-electron chi connectivity index (χ4n) is 2.25. The Balaban J connectivity index is 1.95. The van der Waals surface area contributed by atoms with E-state index in [9.17, 15) is 13.2 Å². The number of sulfonamides is 1. The Morgan fingerprint density at radius 3 is 3.04 bits per heavy atom. The van der Waals surface area contributed by atoms with E-state index in [-0.39, 0.29) is 24.1 Å². The molecule has 1 fully saturated rings. The zero-order valence-electron chi connectivity index (χ0n) is 12.9. The number of piperidine rings is 1. The van der Waals surface area contributed by atoms with E-state index in [1.54, 1.807) is 13.0 Å². The lowest BCUT2D eigenvalue weighted by Gasteiger charge is -2.30. The molecule has 2 rings (SSSR count). The Morgan fingerprint density at radius 1 is 1.57 bits per heavy atom. The predicted octanol–water partition coefficient (Wildman–Crippen LogP) is 1.82. The van der Waals surface area contributed by atoms with Gasteiger partial charge in [0.2, 0.25) is 21.1 Å². The number of anilines is 1. The Kier molecular flexibility index (Phi) is 6.57. The van der Waals surface area contributed by atoms with Gasteiger partial charge in [0.15, 0.2) is 4.34 Å². The second-order valence-corrected chi connectivity index (χ2v) is 9.56. The molecule has 23 heavy (non-hydrogen) atoms. The minimum Gasteiger partial charge on any atom is -0.300 e. The van der Waals surface area contributed by atoms with Gasteiger partial charge in [0, 0.05) is 18.8 Å². The molecule has 1 saturated heterocycles. The molecule has 7 nitrogen and oxygen atoms in total. The molecule has 0 unspecified atom stereocenters. The molecule has 0 radical (unpaired) electrons. The van der Waals surface area contributed by atoms with Crippen LogP contribution in [0.25, 0.3) is 0 Å². The van der Waals surface area contributed by atoms with Crippen LogP contribution >= 0.6 is 23.1 Å². The molecule has 1 aliphatic rings. The predicted molar refractivity (Wildman–Crippen MR) is 93.2 cm³/mol. The van der Waals surface area contributed by atoms with Gasteiger partial charge in [-0.25, -0.2) is 12.7 Å². The lowest BCUT2D eigenvalue weighted by atomic mass is 9.99. The Bertz CT molecular complexity index is 659. The highest BCUT2D eigenvalue weighted by atomic mass is 32.2. The smallest absolute Gasteiger partial charge is 0.230 e. The van der Waals surface area contributed by atoms with Crippen molar-refractivity contribution >= 4 is 44.2 Å². The summed E-state index contributed by atoms with van der Waals surface area (Å²) in [5.41, 5.74) is 0. The molecule has 1 aliphatic heterocycles. The van der Waals surface area contributed by atoms with Crippen LogP contribution < -0.4 is 5.32 Å². The van der Waals surface area contributed by atoms with Crippen molar-refractivity contribution in [3.63, 3.8) is 0 Å².